The van der Waals surface area contributed by atoms with Gasteiger partial charge in [-0.15, -0.1) is 0 Å². The van der Waals surface area contributed by atoms with Gasteiger partial charge in [-0.05, 0) is 104 Å². The molecule has 0 amide bonds. The summed E-state index contributed by atoms with van der Waals surface area (Å²) in [5.41, 5.74) is 3.01. The number of nitrogens with zero attached hydrogens (tertiary/aromatic N) is 1. The van der Waals surface area contributed by atoms with Gasteiger partial charge in [0.25, 0.3) is 0 Å². The topological polar surface area (TPSA) is 70.3 Å². The van der Waals surface area contributed by atoms with Crippen molar-refractivity contribution in [3.8, 4) is 11.8 Å². The second-order valence-corrected chi connectivity index (χ2v) is 8.61. The van der Waals surface area contributed by atoms with Crippen LogP contribution in [0.25, 0.3) is 11.6 Å². The minimum Gasteiger partial charge on any atom is -0.487 e. The fraction of sp³-hybridized carbons (Fsp3) is 0.0435. The quantitative estimate of drug-likeness (QED) is 0.196. The van der Waals surface area contributed by atoms with E-state index in [0.29, 0.717) is 17.7 Å². The molecule has 0 saturated heterocycles. The van der Waals surface area contributed by atoms with Crippen molar-refractivity contribution in [1.82, 2.24) is 0 Å². The van der Waals surface area contributed by atoms with E-state index in [9.17, 15) is 14.4 Å². The molecule has 3 aromatic carbocycles. The number of nitriles is 1. The van der Waals surface area contributed by atoms with Crippen molar-refractivity contribution >= 4 is 62.8 Å². The monoisotopic (exact) mass is 625 g/mol. The van der Waals surface area contributed by atoms with Crippen LogP contribution in [0.15, 0.2) is 60.7 Å². The minimum absolute atomic E-state index is 0.230. The molecule has 3 rings (SSSR count). The predicted molar refractivity (Wildman–Crippen MR) is 129 cm³/mol. The van der Waals surface area contributed by atoms with Crippen molar-refractivity contribution in [2.24, 2.45) is 0 Å². The Balaban J connectivity index is 1.80. The van der Waals surface area contributed by atoms with Crippen LogP contribution in [0.1, 0.15) is 27.0 Å². The Morgan fingerprint density at radius 3 is 2.13 bits per heavy atom. The zero-order valence-corrected chi connectivity index (χ0v) is 19.7. The number of carbonyl (C=O) groups is 1. The van der Waals surface area contributed by atoms with Gasteiger partial charge in [-0.1, -0.05) is 24.3 Å². The number of carboxylic acid groups (broad SMARTS) is 1. The molecule has 0 atom stereocenters. The van der Waals surface area contributed by atoms with Crippen molar-refractivity contribution in [2.75, 3.05) is 0 Å². The number of benzene rings is 3. The first-order valence-corrected chi connectivity index (χ1v) is 10.8. The Hall–Kier alpha value is -2.45. The van der Waals surface area contributed by atoms with E-state index in [-0.39, 0.29) is 11.4 Å². The number of hydrogen-bond acceptors (Lipinski definition) is 3. The van der Waals surface area contributed by atoms with E-state index in [1.165, 1.54) is 12.1 Å². The largest absolute Gasteiger partial charge is 0.487 e. The summed E-state index contributed by atoms with van der Waals surface area (Å²) in [4.78, 5) is 10.9. The molecule has 0 spiro atoms. The van der Waals surface area contributed by atoms with Crippen LogP contribution >= 0.6 is 45.2 Å². The van der Waals surface area contributed by atoms with E-state index in [1.54, 1.807) is 42.5 Å². The third-order valence-corrected chi connectivity index (χ3v) is 5.79. The molecule has 3 aromatic rings. The van der Waals surface area contributed by atoms with E-state index in [0.717, 1.165) is 24.0 Å². The van der Waals surface area contributed by atoms with E-state index < -0.39 is 5.97 Å². The van der Waals surface area contributed by atoms with Crippen LogP contribution in [0.3, 0.4) is 0 Å². The number of aromatic carboxylic acids is 1. The van der Waals surface area contributed by atoms with Gasteiger partial charge in [-0.25, -0.2) is 9.18 Å². The van der Waals surface area contributed by atoms with Gasteiger partial charge in [-0.3, -0.25) is 0 Å². The average molecular weight is 625 g/mol. The third-order valence-electron chi connectivity index (χ3n) is 4.19. The summed E-state index contributed by atoms with van der Waals surface area (Å²) in [5, 5.41) is 18.5. The zero-order valence-electron chi connectivity index (χ0n) is 15.4. The van der Waals surface area contributed by atoms with Crippen LogP contribution in [-0.4, -0.2) is 11.1 Å². The molecule has 0 aliphatic rings. The molecule has 150 valence electrons. The molecule has 30 heavy (non-hydrogen) atoms. The molecule has 0 unspecified atom stereocenters. The highest BCUT2D eigenvalue weighted by molar-refractivity contribution is 14.1. The summed E-state index contributed by atoms with van der Waals surface area (Å²) in [6, 6.07) is 18.3. The molecule has 7 heteroatoms. The van der Waals surface area contributed by atoms with E-state index in [4.69, 9.17) is 9.84 Å². The zero-order chi connectivity index (χ0) is 21.7. The third kappa shape index (κ3) is 5.58. The van der Waals surface area contributed by atoms with Gasteiger partial charge >= 0.3 is 5.97 Å². The van der Waals surface area contributed by atoms with Crippen LogP contribution in [-0.2, 0) is 6.61 Å². The Morgan fingerprint density at radius 1 is 1.03 bits per heavy atom. The second-order valence-electron chi connectivity index (χ2n) is 6.28. The van der Waals surface area contributed by atoms with Gasteiger partial charge in [0.1, 0.15) is 18.2 Å². The standard InChI is InChI=1S/C23H14FI2NO3/c24-19-7-5-16(6-8-19)18(12-27)9-15-10-20(25)22(21(26)11-15)30-13-14-1-3-17(4-2-14)23(28)29/h1-11H,13H2,(H,28,29)/b18-9-. The maximum atomic E-state index is 13.1. The molecule has 4 nitrogen and oxygen atoms in total. The van der Waals surface area contributed by atoms with Gasteiger partial charge in [0.2, 0.25) is 0 Å². The molecular formula is C23H14FI2NO3. The average Bonchev–Trinajstić information content (AvgIpc) is 2.72. The Kier molecular flexibility index (Phi) is 7.44. The number of ether oxygens (including phenoxy) is 1. The lowest BCUT2D eigenvalue weighted by atomic mass is 10.0. The molecule has 0 fully saturated rings. The minimum atomic E-state index is -0.965. The van der Waals surface area contributed by atoms with Gasteiger partial charge in [0.15, 0.2) is 0 Å². The first-order valence-electron chi connectivity index (χ1n) is 8.69. The van der Waals surface area contributed by atoms with Gasteiger partial charge in [0, 0.05) is 0 Å². The van der Waals surface area contributed by atoms with Gasteiger partial charge in [-0.2, -0.15) is 5.26 Å². The van der Waals surface area contributed by atoms with E-state index >= 15 is 0 Å². The smallest absolute Gasteiger partial charge is 0.335 e. The fourth-order valence-corrected chi connectivity index (χ4v) is 4.80. The highest BCUT2D eigenvalue weighted by atomic mass is 127. The summed E-state index contributed by atoms with van der Waals surface area (Å²) in [7, 11) is 0. The summed E-state index contributed by atoms with van der Waals surface area (Å²) < 4.78 is 20.8. The van der Waals surface area contributed by atoms with Crippen LogP contribution in [0.5, 0.6) is 5.75 Å². The van der Waals surface area contributed by atoms with Crippen LogP contribution in [0.4, 0.5) is 4.39 Å². The number of hydrogen-bond donors (Lipinski definition) is 1. The predicted octanol–water partition coefficient (Wildman–Crippen LogP) is 6.38. The highest BCUT2D eigenvalue weighted by Gasteiger charge is 2.10. The van der Waals surface area contributed by atoms with Crippen molar-refractivity contribution in [3.63, 3.8) is 0 Å². The lowest BCUT2D eigenvalue weighted by Gasteiger charge is -2.12. The van der Waals surface area contributed by atoms with Crippen molar-refractivity contribution in [2.45, 2.75) is 6.61 Å². The molecule has 0 heterocycles. The number of allylic oxidation sites excluding steroid dienone is 1. The molecule has 0 saturated carbocycles. The summed E-state index contributed by atoms with van der Waals surface area (Å²) in [6.45, 7) is 0.306. The fourth-order valence-electron chi connectivity index (χ4n) is 2.68. The lowest BCUT2D eigenvalue weighted by Crippen LogP contribution is -2.01. The van der Waals surface area contributed by atoms with Gasteiger partial charge < -0.3 is 9.84 Å². The first-order chi connectivity index (χ1) is 14.4. The SMILES string of the molecule is N#C/C(=C/c1cc(I)c(OCc2ccc(C(=O)O)cc2)c(I)c1)c1ccc(F)cc1. The molecular weight excluding hydrogens is 611 g/mol. The van der Waals surface area contributed by atoms with Crippen LogP contribution in [0, 0.1) is 24.3 Å². The van der Waals surface area contributed by atoms with E-state index in [2.05, 4.69) is 51.3 Å². The number of rotatable bonds is 6. The molecule has 0 aliphatic carbocycles. The van der Waals surface area contributed by atoms with Crippen LogP contribution in [0.2, 0.25) is 0 Å². The molecule has 0 radical (unpaired) electrons. The highest BCUT2D eigenvalue weighted by Crippen LogP contribution is 2.31. The number of carboxylic acids is 1. The Bertz CT molecular complexity index is 1130. The lowest BCUT2D eigenvalue weighted by molar-refractivity contribution is 0.0697. The molecule has 1 N–H and O–H groups in total. The molecule has 0 bridgehead atoms. The number of halogens is 3. The maximum absolute atomic E-state index is 13.1. The Morgan fingerprint density at radius 2 is 1.60 bits per heavy atom. The normalized spacial score (nSPS) is 11.1. The first kappa shape index (κ1) is 22.2. The Labute approximate surface area is 200 Å². The van der Waals surface area contributed by atoms with E-state index in [1.807, 2.05) is 12.1 Å². The second kappa shape index (κ2) is 10.0. The maximum Gasteiger partial charge on any atom is 0.335 e. The molecule has 0 aliphatic heterocycles. The summed E-state index contributed by atoms with van der Waals surface area (Å²) in [5.74, 6) is -0.595. The van der Waals surface area contributed by atoms with Crippen molar-refractivity contribution < 1.29 is 19.0 Å². The van der Waals surface area contributed by atoms with Crippen molar-refractivity contribution in [1.29, 1.82) is 5.26 Å². The molecule has 0 aromatic heterocycles. The summed E-state index contributed by atoms with van der Waals surface area (Å²) in [6.07, 6.45) is 1.76. The van der Waals surface area contributed by atoms with Gasteiger partial charge in [0.05, 0.1) is 24.3 Å². The van der Waals surface area contributed by atoms with Crippen LogP contribution < -0.4 is 4.74 Å². The van der Waals surface area contributed by atoms with Crippen molar-refractivity contribution in [3.05, 3.63) is 95.9 Å². The summed E-state index contributed by atoms with van der Waals surface area (Å²) >= 11 is 4.35.